The van der Waals surface area contributed by atoms with Crippen LogP contribution in [0.25, 0.3) is 0 Å². The molecule has 0 aromatic carbocycles. The number of pyridine rings is 1. The summed E-state index contributed by atoms with van der Waals surface area (Å²) in [5.41, 5.74) is 0. The number of rotatable bonds is 1. The first kappa shape index (κ1) is 9.12. The van der Waals surface area contributed by atoms with Crippen molar-refractivity contribution in [1.82, 2.24) is 4.98 Å². The minimum Gasteiger partial charge on any atom is -0.404 e. The zero-order valence-corrected chi connectivity index (χ0v) is 6.36. The first-order chi connectivity index (χ1) is 5.47. The van der Waals surface area contributed by atoms with Gasteiger partial charge in [0.15, 0.2) is 0 Å². The van der Waals surface area contributed by atoms with Crippen molar-refractivity contribution >= 4 is 11.6 Å². The Morgan fingerprint density at radius 2 is 2.00 bits per heavy atom. The molecule has 1 heterocycles. The van der Waals surface area contributed by atoms with Gasteiger partial charge in [-0.3, -0.25) is 4.98 Å². The number of nitrogens with zero attached hydrogens (tertiary/aromatic N) is 1. The van der Waals surface area contributed by atoms with Crippen LogP contribution in [-0.4, -0.2) is 11.3 Å². The maximum Gasteiger partial charge on any atom is 0.573 e. The van der Waals surface area contributed by atoms with Gasteiger partial charge in [0.1, 0.15) is 5.75 Å². The number of hydrogen-bond donors (Lipinski definition) is 0. The lowest BCUT2D eigenvalue weighted by Gasteiger charge is -2.07. The van der Waals surface area contributed by atoms with Crippen LogP contribution in [0.2, 0.25) is 5.02 Å². The molecule has 0 atom stereocenters. The van der Waals surface area contributed by atoms with Crippen molar-refractivity contribution < 1.29 is 17.9 Å². The summed E-state index contributed by atoms with van der Waals surface area (Å²) in [4.78, 5) is 3.41. The molecule has 0 aliphatic heterocycles. The Balaban J connectivity index is 2.77. The molecule has 66 valence electrons. The van der Waals surface area contributed by atoms with Crippen molar-refractivity contribution in [2.45, 2.75) is 6.36 Å². The molecule has 0 unspecified atom stereocenters. The average Bonchev–Trinajstić information content (AvgIpc) is 1.82. The maximum absolute atomic E-state index is 11.6. The monoisotopic (exact) mass is 197 g/mol. The molecule has 1 rings (SSSR count). The fourth-order valence-corrected chi connectivity index (χ4v) is 0.746. The predicted molar refractivity (Wildman–Crippen MR) is 35.9 cm³/mol. The average molecular weight is 198 g/mol. The molecule has 0 radical (unpaired) electrons. The lowest BCUT2D eigenvalue weighted by Crippen LogP contribution is -2.17. The second-order valence-corrected chi connectivity index (χ2v) is 2.32. The molecule has 2 nitrogen and oxygen atoms in total. The topological polar surface area (TPSA) is 22.1 Å². The minimum absolute atomic E-state index is 0.0942. The van der Waals surface area contributed by atoms with Gasteiger partial charge in [0.2, 0.25) is 0 Å². The van der Waals surface area contributed by atoms with Crippen molar-refractivity contribution in [1.29, 1.82) is 0 Å². The van der Waals surface area contributed by atoms with E-state index in [-0.39, 0.29) is 5.02 Å². The highest BCUT2D eigenvalue weighted by molar-refractivity contribution is 6.30. The van der Waals surface area contributed by atoms with E-state index >= 15 is 0 Å². The van der Waals surface area contributed by atoms with Crippen molar-refractivity contribution in [2.24, 2.45) is 0 Å². The molecule has 1 aromatic heterocycles. The molecule has 0 saturated heterocycles. The zero-order valence-electron chi connectivity index (χ0n) is 5.60. The molecular weight excluding hydrogens is 195 g/mol. The van der Waals surface area contributed by atoms with Gasteiger partial charge >= 0.3 is 6.36 Å². The van der Waals surface area contributed by atoms with E-state index in [0.717, 1.165) is 12.3 Å². The second kappa shape index (κ2) is 3.18. The van der Waals surface area contributed by atoms with Gasteiger partial charge in [-0.15, -0.1) is 13.2 Å². The standard InChI is InChI=1S/C6H3ClF3NO/c7-4-1-5(3-11-2-4)12-6(8,9)10/h1-3H. The van der Waals surface area contributed by atoms with E-state index in [9.17, 15) is 13.2 Å². The molecule has 0 spiro atoms. The number of ether oxygens (including phenoxy) is 1. The van der Waals surface area contributed by atoms with Gasteiger partial charge in [-0.2, -0.15) is 0 Å². The summed E-state index contributed by atoms with van der Waals surface area (Å²) in [5, 5.41) is 0.0942. The second-order valence-electron chi connectivity index (χ2n) is 1.89. The number of hydrogen-bond acceptors (Lipinski definition) is 2. The summed E-state index contributed by atoms with van der Waals surface area (Å²) in [5.74, 6) is -0.421. The molecule has 6 heteroatoms. The third-order valence-electron chi connectivity index (χ3n) is 0.913. The van der Waals surface area contributed by atoms with Crippen LogP contribution in [0, 0.1) is 0 Å². The molecule has 0 bridgehead atoms. The van der Waals surface area contributed by atoms with Crippen LogP contribution in [0.1, 0.15) is 0 Å². The summed E-state index contributed by atoms with van der Waals surface area (Å²) in [6.07, 6.45) is -2.56. The minimum atomic E-state index is -4.70. The highest BCUT2D eigenvalue weighted by Crippen LogP contribution is 2.23. The third-order valence-corrected chi connectivity index (χ3v) is 1.12. The highest BCUT2D eigenvalue weighted by Gasteiger charge is 2.31. The Bertz CT molecular complexity index is 276. The van der Waals surface area contributed by atoms with E-state index in [2.05, 4.69) is 9.72 Å². The van der Waals surface area contributed by atoms with Gasteiger partial charge < -0.3 is 4.74 Å². The Labute approximate surface area is 70.9 Å². The molecule has 0 fully saturated rings. The first-order valence-corrected chi connectivity index (χ1v) is 3.21. The molecule has 12 heavy (non-hydrogen) atoms. The fourth-order valence-electron chi connectivity index (χ4n) is 0.582. The van der Waals surface area contributed by atoms with E-state index in [1.807, 2.05) is 0 Å². The summed E-state index contributed by atoms with van der Waals surface area (Å²) in [7, 11) is 0. The van der Waals surface area contributed by atoms with E-state index in [4.69, 9.17) is 11.6 Å². The number of aromatic nitrogens is 1. The SMILES string of the molecule is FC(F)(F)Oc1cncc(Cl)c1. The number of alkyl halides is 3. The quantitative estimate of drug-likeness (QED) is 0.691. The predicted octanol–water partition coefficient (Wildman–Crippen LogP) is 2.63. The van der Waals surface area contributed by atoms with Gasteiger partial charge in [0.05, 0.1) is 11.2 Å². The number of halogens is 4. The van der Waals surface area contributed by atoms with Crippen LogP contribution in [0.3, 0.4) is 0 Å². The van der Waals surface area contributed by atoms with Crippen molar-refractivity contribution in [3.63, 3.8) is 0 Å². The van der Waals surface area contributed by atoms with Crippen LogP contribution in [0.5, 0.6) is 5.75 Å². The lowest BCUT2D eigenvalue weighted by molar-refractivity contribution is -0.274. The summed E-state index contributed by atoms with van der Waals surface area (Å²) in [6.45, 7) is 0. The van der Waals surface area contributed by atoms with E-state index in [1.54, 1.807) is 0 Å². The van der Waals surface area contributed by atoms with Crippen molar-refractivity contribution in [2.75, 3.05) is 0 Å². The fraction of sp³-hybridized carbons (Fsp3) is 0.167. The van der Waals surface area contributed by atoms with Gasteiger partial charge in [-0.05, 0) is 0 Å². The third kappa shape index (κ3) is 2.96. The van der Waals surface area contributed by atoms with E-state index < -0.39 is 12.1 Å². The molecular formula is C6H3ClF3NO. The zero-order chi connectivity index (χ0) is 9.19. The molecule has 0 amide bonds. The van der Waals surface area contributed by atoms with Crippen LogP contribution < -0.4 is 4.74 Å². The van der Waals surface area contributed by atoms with Crippen LogP contribution in [0.15, 0.2) is 18.5 Å². The largest absolute Gasteiger partial charge is 0.573 e. The lowest BCUT2D eigenvalue weighted by atomic mass is 10.5. The first-order valence-electron chi connectivity index (χ1n) is 2.84. The van der Waals surface area contributed by atoms with E-state index in [0.29, 0.717) is 0 Å². The van der Waals surface area contributed by atoms with Crippen molar-refractivity contribution in [3.8, 4) is 5.75 Å². The Morgan fingerprint density at radius 1 is 1.33 bits per heavy atom. The summed E-state index contributed by atoms with van der Waals surface area (Å²) < 4.78 is 38.3. The van der Waals surface area contributed by atoms with Gasteiger partial charge in [-0.25, -0.2) is 0 Å². The smallest absolute Gasteiger partial charge is 0.404 e. The molecule has 1 aromatic rings. The molecule has 0 N–H and O–H groups in total. The molecule has 0 aliphatic carbocycles. The van der Waals surface area contributed by atoms with Crippen LogP contribution in [-0.2, 0) is 0 Å². The van der Waals surface area contributed by atoms with E-state index in [1.165, 1.54) is 6.20 Å². The van der Waals surface area contributed by atoms with Crippen molar-refractivity contribution in [3.05, 3.63) is 23.5 Å². The van der Waals surface area contributed by atoms with Gasteiger partial charge in [-0.1, -0.05) is 11.6 Å². The Hall–Kier alpha value is -0.970. The summed E-state index contributed by atoms with van der Waals surface area (Å²) in [6, 6.07) is 1.03. The summed E-state index contributed by atoms with van der Waals surface area (Å²) >= 11 is 5.36. The molecule has 0 saturated carbocycles. The van der Waals surface area contributed by atoms with Gasteiger partial charge in [0, 0.05) is 12.3 Å². The van der Waals surface area contributed by atoms with Crippen LogP contribution in [0.4, 0.5) is 13.2 Å². The van der Waals surface area contributed by atoms with Gasteiger partial charge in [0.25, 0.3) is 0 Å². The maximum atomic E-state index is 11.6. The highest BCUT2D eigenvalue weighted by atomic mass is 35.5. The normalized spacial score (nSPS) is 11.3. The Kier molecular flexibility index (Phi) is 2.42. The van der Waals surface area contributed by atoms with Crippen LogP contribution >= 0.6 is 11.6 Å². The molecule has 0 aliphatic rings. The Morgan fingerprint density at radius 3 is 2.50 bits per heavy atom.